The van der Waals surface area contributed by atoms with E-state index >= 15 is 0 Å². The molecule has 0 bridgehead atoms. The molecule has 0 heterocycles. The summed E-state index contributed by atoms with van der Waals surface area (Å²) >= 11 is 0. The van der Waals surface area contributed by atoms with Crippen LogP contribution in [0.1, 0.15) is 47.9 Å². The molecule has 4 amide bonds. The van der Waals surface area contributed by atoms with Crippen LogP contribution < -0.4 is 38.3 Å². The first-order valence-corrected chi connectivity index (χ1v) is 13.6. The van der Waals surface area contributed by atoms with Crippen LogP contribution in [0, 0.1) is 0 Å². The Morgan fingerprint density at radius 2 is 1.28 bits per heavy atom. The molecule has 43 heavy (non-hydrogen) atoms. The molecule has 0 aliphatic rings. The van der Waals surface area contributed by atoms with E-state index < -0.39 is 24.0 Å². The number of amides is 4. The van der Waals surface area contributed by atoms with Crippen LogP contribution in [-0.4, -0.2) is 42.4 Å². The Bertz CT molecular complexity index is 1320. The van der Waals surface area contributed by atoms with E-state index in [9.17, 15) is 14.4 Å². The smallest absolute Gasteiger partial charge is 0.312 e. The van der Waals surface area contributed by atoms with Gasteiger partial charge in [-0.1, -0.05) is 84.9 Å². The lowest BCUT2D eigenvalue weighted by molar-refractivity contribution is -0.302. The second-order valence-electron chi connectivity index (χ2n) is 9.51. The van der Waals surface area contributed by atoms with E-state index in [0.29, 0.717) is 19.4 Å². The predicted molar refractivity (Wildman–Crippen MR) is 162 cm³/mol. The summed E-state index contributed by atoms with van der Waals surface area (Å²) < 4.78 is 0. The van der Waals surface area contributed by atoms with Gasteiger partial charge in [-0.15, -0.1) is 0 Å². The van der Waals surface area contributed by atoms with Gasteiger partial charge in [0.05, 0.1) is 5.92 Å². The number of carboxylic acids is 1. The molecule has 0 aliphatic carbocycles. The third kappa shape index (κ3) is 13.2. The number of urea groups is 1. The van der Waals surface area contributed by atoms with Gasteiger partial charge in [0, 0.05) is 25.6 Å². The highest BCUT2D eigenvalue weighted by molar-refractivity contribution is 5.92. The second kappa shape index (κ2) is 18.1. The first-order valence-electron chi connectivity index (χ1n) is 13.6. The summed E-state index contributed by atoms with van der Waals surface area (Å²) in [6.07, 6.45) is 0.832. The fraction of sp³-hybridized carbons (Fsp3) is 0.258. The lowest BCUT2D eigenvalue weighted by Gasteiger charge is -2.23. The number of nitrogens with two attached hydrogens (primary N) is 3. The molecule has 3 aromatic carbocycles. The van der Waals surface area contributed by atoms with Crippen molar-refractivity contribution < 1.29 is 24.3 Å². The minimum Gasteiger partial charge on any atom is -0.550 e. The van der Waals surface area contributed by atoms with Gasteiger partial charge in [0.25, 0.3) is 0 Å². The third-order valence-corrected chi connectivity index (χ3v) is 6.03. The summed E-state index contributed by atoms with van der Waals surface area (Å²) in [5.41, 5.74) is 19.3. The Balaban J connectivity index is 0.00000151. The van der Waals surface area contributed by atoms with Crippen molar-refractivity contribution in [3.05, 3.63) is 107 Å². The summed E-state index contributed by atoms with van der Waals surface area (Å²) in [6, 6.07) is 24.9. The Kier molecular flexibility index (Phi) is 14.3. The van der Waals surface area contributed by atoms with E-state index in [1.807, 2.05) is 84.9 Å². The summed E-state index contributed by atoms with van der Waals surface area (Å²) in [5.74, 6) is -2.31. The van der Waals surface area contributed by atoms with Crippen molar-refractivity contribution in [1.29, 1.82) is 0 Å². The van der Waals surface area contributed by atoms with Crippen LogP contribution >= 0.6 is 0 Å². The van der Waals surface area contributed by atoms with E-state index in [1.165, 1.54) is 0 Å². The number of aliphatic carboxylic acids is 1. The van der Waals surface area contributed by atoms with Crippen molar-refractivity contribution in [1.82, 2.24) is 16.0 Å². The first kappa shape index (κ1) is 33.8. The molecule has 0 spiro atoms. The SMILES string of the molecule is CC(=O)[O-].NC(=O)NCc1cccc(CNC(=O)[C@@H](CCCN=C(N)N)NC(=O)C(c2ccccc2)c2ccccc2)c1. The highest BCUT2D eigenvalue weighted by atomic mass is 16.4. The Morgan fingerprint density at radius 1 is 0.767 bits per heavy atom. The fourth-order valence-corrected chi connectivity index (χ4v) is 4.16. The normalized spacial score (nSPS) is 10.8. The van der Waals surface area contributed by atoms with E-state index in [2.05, 4.69) is 20.9 Å². The Labute approximate surface area is 250 Å². The maximum Gasteiger partial charge on any atom is 0.312 e. The molecule has 3 aromatic rings. The minimum atomic E-state index is -1.08. The molecular weight excluding hydrogens is 550 g/mol. The zero-order valence-corrected chi connectivity index (χ0v) is 24.0. The van der Waals surface area contributed by atoms with Crippen molar-refractivity contribution in [3.63, 3.8) is 0 Å². The van der Waals surface area contributed by atoms with Gasteiger partial charge < -0.3 is 43.1 Å². The lowest BCUT2D eigenvalue weighted by Crippen LogP contribution is -2.48. The molecule has 0 fully saturated rings. The van der Waals surface area contributed by atoms with Gasteiger partial charge in [-0.3, -0.25) is 14.6 Å². The molecule has 12 heteroatoms. The zero-order valence-electron chi connectivity index (χ0n) is 24.0. The molecule has 0 radical (unpaired) electrons. The van der Waals surface area contributed by atoms with Crippen molar-refractivity contribution in [2.24, 2.45) is 22.2 Å². The molecule has 0 saturated carbocycles. The highest BCUT2D eigenvalue weighted by Gasteiger charge is 2.27. The van der Waals surface area contributed by atoms with Crippen LogP contribution in [0.25, 0.3) is 0 Å². The number of carboxylic acid groups (broad SMARTS) is 1. The number of primary amides is 1. The van der Waals surface area contributed by atoms with Crippen molar-refractivity contribution >= 4 is 29.8 Å². The van der Waals surface area contributed by atoms with Gasteiger partial charge in [-0.05, 0) is 42.0 Å². The topological polar surface area (TPSA) is 218 Å². The summed E-state index contributed by atoms with van der Waals surface area (Å²) in [4.78, 5) is 50.8. The number of hydrogen-bond acceptors (Lipinski definition) is 6. The Morgan fingerprint density at radius 3 is 1.77 bits per heavy atom. The van der Waals surface area contributed by atoms with Crippen molar-refractivity contribution in [2.75, 3.05) is 6.54 Å². The number of carbonyl (C=O) groups is 4. The standard InChI is InChI=1S/C29H35N7O3.C2H4O2/c30-28(31)33-16-8-15-24(26(37)34-18-20-9-7-10-21(17-20)19-35-29(32)39)36-27(38)25(22-11-3-1-4-12-22)23-13-5-2-6-14-23;1-2(3)4/h1-7,9-14,17,24-25H,8,15-16,18-19H2,(H,34,37)(H,36,38)(H4,30,31,33)(H3,32,35,39);1H3,(H,3,4)/p-1/t24-;/m1./s1. The number of hydrogen-bond donors (Lipinski definition) is 6. The Hall–Kier alpha value is -5.39. The second-order valence-corrected chi connectivity index (χ2v) is 9.51. The van der Waals surface area contributed by atoms with Crippen molar-refractivity contribution in [2.45, 2.75) is 44.8 Å². The van der Waals surface area contributed by atoms with E-state index in [0.717, 1.165) is 29.2 Å². The van der Waals surface area contributed by atoms with Crippen LogP contribution in [0.15, 0.2) is 89.9 Å². The lowest BCUT2D eigenvalue weighted by atomic mass is 9.90. The predicted octanol–water partition coefficient (Wildman–Crippen LogP) is 0.598. The number of rotatable bonds is 13. The van der Waals surface area contributed by atoms with Crippen LogP contribution in [-0.2, 0) is 27.5 Å². The molecular formula is C31H38N7O5-. The molecule has 12 nitrogen and oxygen atoms in total. The number of carbonyl (C=O) groups excluding carboxylic acids is 4. The van der Waals surface area contributed by atoms with Crippen LogP contribution in [0.2, 0.25) is 0 Å². The van der Waals surface area contributed by atoms with Gasteiger partial charge in [-0.25, -0.2) is 4.79 Å². The van der Waals surface area contributed by atoms with Crippen LogP contribution in [0.4, 0.5) is 4.79 Å². The summed E-state index contributed by atoms with van der Waals surface area (Å²) in [7, 11) is 0. The molecule has 1 atom stereocenters. The molecule has 0 saturated heterocycles. The number of nitrogens with one attached hydrogen (secondary N) is 3. The van der Waals surface area contributed by atoms with Gasteiger partial charge in [0.2, 0.25) is 11.8 Å². The van der Waals surface area contributed by atoms with E-state index in [-0.39, 0.29) is 30.9 Å². The number of nitrogens with zero attached hydrogens (tertiary/aromatic N) is 1. The number of benzene rings is 3. The zero-order chi connectivity index (χ0) is 31.6. The molecule has 3 rings (SSSR count). The maximum atomic E-state index is 13.6. The number of guanidine groups is 1. The molecule has 0 aliphatic heterocycles. The monoisotopic (exact) mass is 588 g/mol. The maximum absolute atomic E-state index is 13.6. The largest absolute Gasteiger partial charge is 0.550 e. The molecule has 0 aromatic heterocycles. The van der Waals surface area contributed by atoms with Gasteiger partial charge in [0.15, 0.2) is 5.96 Å². The summed E-state index contributed by atoms with van der Waals surface area (Å²) in [5, 5.41) is 17.3. The van der Waals surface area contributed by atoms with Crippen molar-refractivity contribution in [3.8, 4) is 0 Å². The third-order valence-electron chi connectivity index (χ3n) is 6.03. The van der Waals surface area contributed by atoms with Crippen LogP contribution in [0.5, 0.6) is 0 Å². The van der Waals surface area contributed by atoms with Gasteiger partial charge >= 0.3 is 6.03 Å². The highest BCUT2D eigenvalue weighted by Crippen LogP contribution is 2.25. The van der Waals surface area contributed by atoms with E-state index in [4.69, 9.17) is 27.1 Å². The molecule has 0 unspecified atom stereocenters. The van der Waals surface area contributed by atoms with Gasteiger partial charge in [-0.2, -0.15) is 0 Å². The first-order chi connectivity index (χ1) is 20.6. The van der Waals surface area contributed by atoms with Gasteiger partial charge in [0.1, 0.15) is 6.04 Å². The average Bonchev–Trinajstić information content (AvgIpc) is 2.97. The minimum absolute atomic E-state index is 0.0287. The molecule has 9 N–H and O–H groups in total. The number of aliphatic imine (C=N–C) groups is 1. The fourth-order valence-electron chi connectivity index (χ4n) is 4.16. The quantitative estimate of drug-likeness (QED) is 0.0947. The summed E-state index contributed by atoms with van der Waals surface area (Å²) in [6.45, 7) is 1.82. The average molecular weight is 589 g/mol. The van der Waals surface area contributed by atoms with E-state index in [1.54, 1.807) is 0 Å². The van der Waals surface area contributed by atoms with Crippen LogP contribution in [0.3, 0.4) is 0 Å². The molecule has 228 valence electrons.